The first-order valence-electron chi connectivity index (χ1n) is 6.62. The van der Waals surface area contributed by atoms with E-state index in [0.717, 1.165) is 0 Å². The molecule has 1 aromatic carbocycles. The molecule has 1 unspecified atom stereocenters. The van der Waals surface area contributed by atoms with Crippen molar-refractivity contribution >= 4 is 5.91 Å². The van der Waals surface area contributed by atoms with Gasteiger partial charge in [0.25, 0.3) is 0 Å². The van der Waals surface area contributed by atoms with E-state index in [2.05, 4.69) is 5.32 Å². The minimum Gasteiger partial charge on any atom is -0.493 e. The second-order valence-corrected chi connectivity index (χ2v) is 5.74. The number of aliphatic hydroxyl groups excluding tert-OH is 1. The Balaban J connectivity index is 2.22. The van der Waals surface area contributed by atoms with Crippen molar-refractivity contribution in [2.24, 2.45) is 5.41 Å². The highest BCUT2D eigenvalue weighted by molar-refractivity contribution is 5.76. The van der Waals surface area contributed by atoms with Gasteiger partial charge < -0.3 is 15.2 Å². The summed E-state index contributed by atoms with van der Waals surface area (Å²) in [5.41, 5.74) is -0.266. The topological polar surface area (TPSA) is 58.6 Å². The quantitative estimate of drug-likeness (QED) is 0.840. The number of aliphatic hydroxyl groups is 1. The van der Waals surface area contributed by atoms with E-state index in [1.165, 1.54) is 24.3 Å². The molecule has 0 saturated heterocycles. The molecule has 0 aliphatic heterocycles. The molecule has 0 bridgehead atoms. The first kappa shape index (κ1) is 16.4. The van der Waals surface area contributed by atoms with Gasteiger partial charge in [0, 0.05) is 6.54 Å². The molecule has 5 heteroatoms. The van der Waals surface area contributed by atoms with Crippen molar-refractivity contribution in [3.8, 4) is 5.75 Å². The Morgan fingerprint density at radius 2 is 1.95 bits per heavy atom. The molecule has 1 atom stereocenters. The largest absolute Gasteiger partial charge is 0.493 e. The van der Waals surface area contributed by atoms with Crippen molar-refractivity contribution in [2.45, 2.75) is 33.3 Å². The maximum absolute atomic E-state index is 12.7. The Hall–Kier alpha value is -1.62. The van der Waals surface area contributed by atoms with Crippen LogP contribution in [0.2, 0.25) is 0 Å². The van der Waals surface area contributed by atoms with Crippen LogP contribution in [0.5, 0.6) is 5.75 Å². The number of carbonyl (C=O) groups excluding carboxylic acids is 1. The maximum Gasteiger partial charge on any atom is 0.223 e. The lowest BCUT2D eigenvalue weighted by Crippen LogP contribution is -2.39. The minimum absolute atomic E-state index is 0.185. The number of ether oxygens (including phenoxy) is 1. The van der Waals surface area contributed by atoms with Crippen LogP contribution in [-0.2, 0) is 4.79 Å². The number of benzene rings is 1. The number of amides is 1. The summed E-state index contributed by atoms with van der Waals surface area (Å²) in [5.74, 6) is 0.00981. The average molecular weight is 283 g/mol. The SMILES string of the molecule is CC(C)(C)C(O)CNC(=O)CCOc1ccc(F)cc1. The van der Waals surface area contributed by atoms with Gasteiger partial charge in [-0.3, -0.25) is 4.79 Å². The summed E-state index contributed by atoms with van der Waals surface area (Å²) < 4.78 is 18.0. The summed E-state index contributed by atoms with van der Waals surface area (Å²) >= 11 is 0. The molecule has 0 fully saturated rings. The van der Waals surface area contributed by atoms with Gasteiger partial charge >= 0.3 is 0 Å². The van der Waals surface area contributed by atoms with Gasteiger partial charge in [0.15, 0.2) is 0 Å². The van der Waals surface area contributed by atoms with E-state index in [1.807, 2.05) is 20.8 Å². The van der Waals surface area contributed by atoms with Gasteiger partial charge in [-0.2, -0.15) is 0 Å². The summed E-state index contributed by atoms with van der Waals surface area (Å²) in [4.78, 5) is 11.6. The van der Waals surface area contributed by atoms with Crippen molar-refractivity contribution in [1.29, 1.82) is 0 Å². The zero-order chi connectivity index (χ0) is 15.2. The van der Waals surface area contributed by atoms with Gasteiger partial charge in [0.2, 0.25) is 5.91 Å². The fourth-order valence-electron chi connectivity index (χ4n) is 1.40. The van der Waals surface area contributed by atoms with Gasteiger partial charge in [0.05, 0.1) is 19.1 Å². The molecular formula is C15H22FNO3. The van der Waals surface area contributed by atoms with Gasteiger partial charge in [-0.25, -0.2) is 4.39 Å². The maximum atomic E-state index is 12.7. The van der Waals surface area contributed by atoms with Crippen molar-refractivity contribution < 1.29 is 19.0 Å². The average Bonchev–Trinajstić information content (AvgIpc) is 2.37. The lowest BCUT2D eigenvalue weighted by molar-refractivity contribution is -0.122. The highest BCUT2D eigenvalue weighted by Gasteiger charge is 2.22. The van der Waals surface area contributed by atoms with Crippen LogP contribution in [-0.4, -0.2) is 30.3 Å². The van der Waals surface area contributed by atoms with E-state index in [-0.39, 0.29) is 36.7 Å². The Kier molecular flexibility index (Phi) is 5.95. The van der Waals surface area contributed by atoms with E-state index < -0.39 is 6.10 Å². The second-order valence-electron chi connectivity index (χ2n) is 5.74. The molecule has 1 rings (SSSR count). The molecule has 20 heavy (non-hydrogen) atoms. The number of rotatable bonds is 6. The zero-order valence-electron chi connectivity index (χ0n) is 12.1. The standard InChI is InChI=1S/C15H22FNO3/c1-15(2,3)13(18)10-17-14(19)8-9-20-12-6-4-11(16)5-7-12/h4-7,13,18H,8-10H2,1-3H3,(H,17,19). The predicted molar refractivity (Wildman–Crippen MR) is 75.0 cm³/mol. The molecule has 2 N–H and O–H groups in total. The number of halogens is 1. The molecule has 0 saturated carbocycles. The van der Waals surface area contributed by atoms with E-state index in [9.17, 15) is 14.3 Å². The molecule has 0 aliphatic rings. The van der Waals surface area contributed by atoms with Crippen molar-refractivity contribution in [2.75, 3.05) is 13.2 Å². The Bertz CT molecular complexity index is 426. The molecule has 0 aliphatic carbocycles. The highest BCUT2D eigenvalue weighted by atomic mass is 19.1. The van der Waals surface area contributed by atoms with Gasteiger partial charge in [-0.05, 0) is 29.7 Å². The molecule has 1 amide bonds. The summed E-state index contributed by atoms with van der Waals surface area (Å²) in [6, 6.07) is 5.62. The Labute approximate surface area is 119 Å². The minimum atomic E-state index is -0.593. The second kappa shape index (κ2) is 7.24. The lowest BCUT2D eigenvalue weighted by Gasteiger charge is -2.25. The molecule has 0 spiro atoms. The van der Waals surface area contributed by atoms with Gasteiger partial charge in [-0.15, -0.1) is 0 Å². The normalized spacial score (nSPS) is 12.8. The summed E-state index contributed by atoms with van der Waals surface area (Å²) in [6.45, 7) is 6.15. The number of hydrogen-bond donors (Lipinski definition) is 2. The van der Waals surface area contributed by atoms with Crippen LogP contribution in [0.15, 0.2) is 24.3 Å². The van der Waals surface area contributed by atoms with Crippen molar-refractivity contribution in [1.82, 2.24) is 5.32 Å². The molecular weight excluding hydrogens is 261 g/mol. The van der Waals surface area contributed by atoms with E-state index in [1.54, 1.807) is 0 Å². The van der Waals surface area contributed by atoms with E-state index in [4.69, 9.17) is 4.74 Å². The predicted octanol–water partition coefficient (Wildman–Crippen LogP) is 2.12. The number of carbonyl (C=O) groups is 1. The smallest absolute Gasteiger partial charge is 0.223 e. The fraction of sp³-hybridized carbons (Fsp3) is 0.533. The van der Waals surface area contributed by atoms with E-state index >= 15 is 0 Å². The molecule has 0 aromatic heterocycles. The third-order valence-corrected chi connectivity index (χ3v) is 2.90. The monoisotopic (exact) mass is 283 g/mol. The van der Waals surface area contributed by atoms with Crippen LogP contribution >= 0.6 is 0 Å². The Morgan fingerprint density at radius 3 is 2.50 bits per heavy atom. The van der Waals surface area contributed by atoms with Crippen LogP contribution in [0.25, 0.3) is 0 Å². The molecule has 1 aromatic rings. The lowest BCUT2D eigenvalue weighted by atomic mass is 9.89. The van der Waals surface area contributed by atoms with Crippen LogP contribution in [0.1, 0.15) is 27.2 Å². The summed E-state index contributed by atoms with van der Waals surface area (Å²) in [6.07, 6.45) is -0.404. The van der Waals surface area contributed by atoms with Crippen molar-refractivity contribution in [3.63, 3.8) is 0 Å². The van der Waals surface area contributed by atoms with Crippen molar-refractivity contribution in [3.05, 3.63) is 30.1 Å². The highest BCUT2D eigenvalue weighted by Crippen LogP contribution is 2.18. The third kappa shape index (κ3) is 6.02. The molecule has 0 heterocycles. The van der Waals surface area contributed by atoms with Gasteiger partial charge in [0.1, 0.15) is 11.6 Å². The molecule has 0 radical (unpaired) electrons. The first-order valence-corrected chi connectivity index (χ1v) is 6.62. The molecule has 4 nitrogen and oxygen atoms in total. The first-order chi connectivity index (χ1) is 9.29. The number of nitrogens with one attached hydrogen (secondary N) is 1. The third-order valence-electron chi connectivity index (χ3n) is 2.90. The Morgan fingerprint density at radius 1 is 1.35 bits per heavy atom. The fourth-order valence-corrected chi connectivity index (χ4v) is 1.40. The number of hydrogen-bond acceptors (Lipinski definition) is 3. The van der Waals surface area contributed by atoms with E-state index in [0.29, 0.717) is 5.75 Å². The van der Waals surface area contributed by atoms with Crippen LogP contribution < -0.4 is 10.1 Å². The van der Waals surface area contributed by atoms with Gasteiger partial charge in [-0.1, -0.05) is 20.8 Å². The summed E-state index contributed by atoms with van der Waals surface area (Å²) in [5, 5.41) is 12.4. The van der Waals surface area contributed by atoms with Crippen LogP contribution in [0.3, 0.4) is 0 Å². The zero-order valence-corrected chi connectivity index (χ0v) is 12.1. The molecule has 112 valence electrons. The summed E-state index contributed by atoms with van der Waals surface area (Å²) in [7, 11) is 0. The van der Waals surface area contributed by atoms with Crippen LogP contribution in [0, 0.1) is 11.2 Å². The van der Waals surface area contributed by atoms with Crippen LogP contribution in [0.4, 0.5) is 4.39 Å².